The minimum absolute atomic E-state index is 0.0842. The fourth-order valence-electron chi connectivity index (χ4n) is 2.08. The Labute approximate surface area is 133 Å². The average molecular weight is 369 g/mol. The highest BCUT2D eigenvalue weighted by molar-refractivity contribution is 9.10. The number of fused-ring (bicyclic) bond motifs is 1. The summed E-state index contributed by atoms with van der Waals surface area (Å²) in [6, 6.07) is 5.80. The highest BCUT2D eigenvalue weighted by atomic mass is 79.9. The predicted molar refractivity (Wildman–Crippen MR) is 85.4 cm³/mol. The van der Waals surface area contributed by atoms with E-state index in [-0.39, 0.29) is 17.0 Å². The van der Waals surface area contributed by atoms with Crippen LogP contribution in [0.25, 0.3) is 11.2 Å². The topological polar surface area (TPSA) is 89.6 Å². The molecule has 0 fully saturated rings. The number of aromatic nitrogens is 4. The molecule has 21 heavy (non-hydrogen) atoms. The molecule has 0 amide bonds. The molecule has 0 bridgehead atoms. The lowest BCUT2D eigenvalue weighted by Gasteiger charge is -2.05. The lowest BCUT2D eigenvalue weighted by Crippen LogP contribution is -2.12. The minimum Gasteiger partial charge on any atom is -0.369 e. The van der Waals surface area contributed by atoms with E-state index in [9.17, 15) is 4.79 Å². The van der Waals surface area contributed by atoms with Gasteiger partial charge in [0.2, 0.25) is 5.95 Å². The first-order valence-corrected chi connectivity index (χ1v) is 7.36. The summed E-state index contributed by atoms with van der Waals surface area (Å²) in [5, 5.41) is 0.668. The number of imidazole rings is 1. The second-order valence-electron chi connectivity index (χ2n) is 4.56. The number of nitrogens with two attached hydrogens (primary N) is 1. The quantitative estimate of drug-likeness (QED) is 0.742. The van der Waals surface area contributed by atoms with E-state index in [0.29, 0.717) is 17.2 Å². The van der Waals surface area contributed by atoms with Crippen molar-refractivity contribution in [3.63, 3.8) is 0 Å². The molecule has 0 atom stereocenters. The van der Waals surface area contributed by atoms with Gasteiger partial charge in [0, 0.05) is 11.0 Å². The molecule has 0 saturated heterocycles. The molecule has 2 aromatic heterocycles. The summed E-state index contributed by atoms with van der Waals surface area (Å²) >= 11 is 9.43. The van der Waals surface area contributed by atoms with Crippen LogP contribution in [-0.4, -0.2) is 19.5 Å². The largest absolute Gasteiger partial charge is 0.369 e. The van der Waals surface area contributed by atoms with Crippen molar-refractivity contribution in [3.8, 4) is 0 Å². The summed E-state index contributed by atoms with van der Waals surface area (Å²) in [5.74, 6) is 0.0842. The van der Waals surface area contributed by atoms with E-state index in [0.717, 1.165) is 16.5 Å². The van der Waals surface area contributed by atoms with Crippen LogP contribution in [0.4, 0.5) is 5.95 Å². The summed E-state index contributed by atoms with van der Waals surface area (Å²) < 4.78 is 2.67. The van der Waals surface area contributed by atoms with Gasteiger partial charge in [-0.2, -0.15) is 4.98 Å². The number of aryl methyl sites for hydroxylation is 2. The van der Waals surface area contributed by atoms with Crippen LogP contribution in [0.1, 0.15) is 5.56 Å². The first kappa shape index (κ1) is 14.1. The Morgan fingerprint density at radius 3 is 3.00 bits per heavy atom. The van der Waals surface area contributed by atoms with E-state index >= 15 is 0 Å². The molecule has 0 radical (unpaired) electrons. The third-order valence-corrected chi connectivity index (χ3v) is 4.35. The van der Waals surface area contributed by atoms with Crippen molar-refractivity contribution >= 4 is 44.6 Å². The Morgan fingerprint density at radius 1 is 1.43 bits per heavy atom. The van der Waals surface area contributed by atoms with E-state index in [2.05, 4.69) is 30.9 Å². The molecule has 6 nitrogen and oxygen atoms in total. The van der Waals surface area contributed by atoms with Crippen molar-refractivity contribution in [2.75, 3.05) is 5.73 Å². The van der Waals surface area contributed by atoms with E-state index in [4.69, 9.17) is 17.3 Å². The number of anilines is 1. The van der Waals surface area contributed by atoms with Crippen LogP contribution >= 0.6 is 27.5 Å². The maximum Gasteiger partial charge on any atom is 0.280 e. The van der Waals surface area contributed by atoms with Gasteiger partial charge in [-0.05, 0) is 40.0 Å². The van der Waals surface area contributed by atoms with Crippen LogP contribution < -0.4 is 11.3 Å². The van der Waals surface area contributed by atoms with Crippen molar-refractivity contribution in [2.24, 2.45) is 0 Å². The first-order valence-electron chi connectivity index (χ1n) is 6.19. The third-order valence-electron chi connectivity index (χ3n) is 3.12. The zero-order valence-corrected chi connectivity index (χ0v) is 13.1. The van der Waals surface area contributed by atoms with Gasteiger partial charge in [0.15, 0.2) is 11.2 Å². The maximum absolute atomic E-state index is 11.7. The number of benzene rings is 1. The van der Waals surface area contributed by atoms with Crippen LogP contribution in [0.3, 0.4) is 0 Å². The normalized spacial score (nSPS) is 11.1. The van der Waals surface area contributed by atoms with Gasteiger partial charge in [-0.3, -0.25) is 9.78 Å². The summed E-state index contributed by atoms with van der Waals surface area (Å²) in [6.07, 6.45) is 2.33. The monoisotopic (exact) mass is 367 g/mol. The summed E-state index contributed by atoms with van der Waals surface area (Å²) in [5.41, 5.74) is 7.10. The van der Waals surface area contributed by atoms with Crippen LogP contribution in [0.2, 0.25) is 5.02 Å². The highest BCUT2D eigenvalue weighted by Crippen LogP contribution is 2.23. The van der Waals surface area contributed by atoms with Crippen molar-refractivity contribution < 1.29 is 0 Å². The van der Waals surface area contributed by atoms with E-state index < -0.39 is 0 Å². The number of nitrogens with one attached hydrogen (secondary N) is 1. The molecule has 0 aliphatic rings. The van der Waals surface area contributed by atoms with Crippen LogP contribution in [-0.2, 0) is 13.0 Å². The van der Waals surface area contributed by atoms with Crippen LogP contribution in [0, 0.1) is 0 Å². The smallest absolute Gasteiger partial charge is 0.280 e. The fraction of sp³-hybridized carbons (Fsp3) is 0.154. The number of nitrogens with zero attached hydrogens (tertiary/aromatic N) is 3. The van der Waals surface area contributed by atoms with E-state index in [1.165, 1.54) is 0 Å². The Hall–Kier alpha value is -1.86. The molecule has 108 valence electrons. The molecule has 0 saturated carbocycles. The Kier molecular flexibility index (Phi) is 3.69. The Bertz CT molecular complexity index is 873. The molecule has 0 unspecified atom stereocenters. The van der Waals surface area contributed by atoms with Crippen LogP contribution in [0.15, 0.2) is 33.8 Å². The average Bonchev–Trinajstić information content (AvgIpc) is 2.83. The highest BCUT2D eigenvalue weighted by Gasteiger charge is 2.09. The number of aromatic amines is 1. The molecule has 8 heteroatoms. The second-order valence-corrected chi connectivity index (χ2v) is 5.82. The Balaban J connectivity index is 1.88. The van der Waals surface area contributed by atoms with Gasteiger partial charge in [0.1, 0.15) is 0 Å². The standard InChI is InChI=1S/C13H11BrClN5O/c14-8-2-1-7(5-9(8)15)3-4-20-6-17-10-11(20)18-13(16)19-12(10)21/h1-2,5-6H,3-4H2,(H3,16,18,19,21). The number of H-pyrrole nitrogens is 1. The van der Waals surface area contributed by atoms with E-state index in [1.54, 1.807) is 10.9 Å². The second kappa shape index (κ2) is 5.50. The Morgan fingerprint density at radius 2 is 2.24 bits per heavy atom. The van der Waals surface area contributed by atoms with Crippen molar-refractivity contribution in [2.45, 2.75) is 13.0 Å². The molecule has 1 aromatic carbocycles. The van der Waals surface area contributed by atoms with E-state index in [1.807, 2.05) is 18.2 Å². The summed E-state index contributed by atoms with van der Waals surface area (Å²) in [4.78, 5) is 22.3. The van der Waals surface area contributed by atoms with Gasteiger partial charge in [-0.1, -0.05) is 17.7 Å². The predicted octanol–water partition coefficient (Wildman–Crippen LogP) is 2.36. The number of hydrogen-bond acceptors (Lipinski definition) is 4. The lowest BCUT2D eigenvalue weighted by molar-refractivity contribution is 0.709. The molecule has 0 aliphatic carbocycles. The fourth-order valence-corrected chi connectivity index (χ4v) is 2.53. The lowest BCUT2D eigenvalue weighted by atomic mass is 10.1. The van der Waals surface area contributed by atoms with Crippen molar-refractivity contribution in [3.05, 3.63) is 49.9 Å². The molecule has 3 N–H and O–H groups in total. The van der Waals surface area contributed by atoms with Gasteiger partial charge in [-0.15, -0.1) is 0 Å². The number of rotatable bonds is 3. The molecule has 2 heterocycles. The number of halogens is 2. The SMILES string of the molecule is Nc1nc2c(ncn2CCc2ccc(Br)c(Cl)c2)c(=O)[nH]1. The number of hydrogen-bond donors (Lipinski definition) is 2. The van der Waals surface area contributed by atoms with Gasteiger partial charge in [-0.25, -0.2) is 4.98 Å². The van der Waals surface area contributed by atoms with Crippen molar-refractivity contribution in [1.29, 1.82) is 0 Å². The minimum atomic E-state index is -0.331. The molecular formula is C13H11BrClN5O. The van der Waals surface area contributed by atoms with Gasteiger partial charge >= 0.3 is 0 Å². The third kappa shape index (κ3) is 2.79. The maximum atomic E-state index is 11.7. The van der Waals surface area contributed by atoms with Crippen LogP contribution in [0.5, 0.6) is 0 Å². The zero-order chi connectivity index (χ0) is 15.0. The first-order chi connectivity index (χ1) is 10.0. The molecule has 0 aliphatic heterocycles. The summed E-state index contributed by atoms with van der Waals surface area (Å²) in [7, 11) is 0. The van der Waals surface area contributed by atoms with Gasteiger partial charge < -0.3 is 10.3 Å². The zero-order valence-electron chi connectivity index (χ0n) is 10.8. The molecular weight excluding hydrogens is 358 g/mol. The molecule has 3 aromatic rings. The van der Waals surface area contributed by atoms with Gasteiger partial charge in [0.25, 0.3) is 5.56 Å². The number of nitrogen functional groups attached to an aromatic ring is 1. The molecule has 3 rings (SSSR count). The van der Waals surface area contributed by atoms with Gasteiger partial charge in [0.05, 0.1) is 11.3 Å². The van der Waals surface area contributed by atoms with Crippen molar-refractivity contribution in [1.82, 2.24) is 19.5 Å². The summed E-state index contributed by atoms with van der Waals surface area (Å²) in [6.45, 7) is 0.629. The molecule has 0 spiro atoms.